The number of H-pyrrole nitrogens is 1. The molecule has 2 N–H and O–H groups in total. The normalized spacial score (nSPS) is 17.6. The first-order valence-corrected chi connectivity index (χ1v) is 9.94. The Morgan fingerprint density at radius 2 is 2.07 bits per heavy atom. The maximum absolute atomic E-state index is 5.97. The zero-order valence-corrected chi connectivity index (χ0v) is 16.9. The van der Waals surface area contributed by atoms with E-state index in [2.05, 4.69) is 25.4 Å². The minimum Gasteiger partial charge on any atom is -0.323 e. The molecule has 0 aliphatic carbocycles. The number of aryl methyl sites for hydroxylation is 2. The summed E-state index contributed by atoms with van der Waals surface area (Å²) in [7, 11) is 0. The van der Waals surface area contributed by atoms with E-state index in [-0.39, 0.29) is 6.04 Å². The minimum absolute atomic E-state index is 0.174. The summed E-state index contributed by atoms with van der Waals surface area (Å²) in [4.78, 5) is 16.4. The highest BCUT2D eigenvalue weighted by Gasteiger charge is 2.27. The van der Waals surface area contributed by atoms with E-state index >= 15 is 0 Å². The smallest absolute Gasteiger partial charge is 0.153 e. The Hall–Kier alpha value is -2.51. The van der Waals surface area contributed by atoms with E-state index in [0.29, 0.717) is 5.02 Å². The van der Waals surface area contributed by atoms with Gasteiger partial charge in [0.25, 0.3) is 0 Å². The highest BCUT2D eigenvalue weighted by Crippen LogP contribution is 2.31. The predicted molar refractivity (Wildman–Crippen MR) is 110 cm³/mol. The van der Waals surface area contributed by atoms with Crippen LogP contribution in [0.3, 0.4) is 0 Å². The van der Waals surface area contributed by atoms with Crippen molar-refractivity contribution in [1.82, 2.24) is 30.0 Å². The second-order valence-corrected chi connectivity index (χ2v) is 7.70. The van der Waals surface area contributed by atoms with Crippen molar-refractivity contribution in [2.24, 2.45) is 0 Å². The quantitative estimate of drug-likeness (QED) is 0.666. The molecule has 0 aromatic carbocycles. The molecule has 0 radical (unpaired) electrons. The van der Waals surface area contributed by atoms with Crippen molar-refractivity contribution < 1.29 is 0 Å². The van der Waals surface area contributed by atoms with Crippen LogP contribution in [0.4, 0.5) is 11.6 Å². The lowest BCUT2D eigenvalue weighted by Gasteiger charge is -2.34. The van der Waals surface area contributed by atoms with Crippen molar-refractivity contribution >= 4 is 23.2 Å². The average molecular weight is 398 g/mol. The minimum atomic E-state index is 0.174. The Kier molecular flexibility index (Phi) is 5.54. The standard InChI is InChI=1S/C20H24ClN7/c1-13-9-18(24-19-10-14(2)26-27-19)25-20(23-13)17-5-3-4-8-28(17)12-16-7-6-15(21)11-22-16/h6-7,9-11,17H,3-5,8,12H2,1-2H3,(H2,23,24,25,26,27). The van der Waals surface area contributed by atoms with E-state index in [0.717, 1.165) is 54.1 Å². The van der Waals surface area contributed by atoms with Crippen molar-refractivity contribution in [3.63, 3.8) is 0 Å². The lowest BCUT2D eigenvalue weighted by molar-refractivity contribution is 0.132. The summed E-state index contributed by atoms with van der Waals surface area (Å²) in [6.07, 6.45) is 5.09. The van der Waals surface area contributed by atoms with Gasteiger partial charge in [0.05, 0.1) is 16.8 Å². The van der Waals surface area contributed by atoms with Crippen LogP contribution in [0.5, 0.6) is 0 Å². The molecule has 1 saturated heterocycles. The van der Waals surface area contributed by atoms with Gasteiger partial charge >= 0.3 is 0 Å². The third-order valence-electron chi connectivity index (χ3n) is 4.90. The van der Waals surface area contributed by atoms with Gasteiger partial charge in [-0.1, -0.05) is 18.0 Å². The second kappa shape index (κ2) is 8.24. The SMILES string of the molecule is Cc1cc(Nc2cc(C)[nH]n2)nc(C2CCCCN2Cc2ccc(Cl)cn2)n1. The maximum atomic E-state index is 5.97. The third kappa shape index (κ3) is 4.48. The van der Waals surface area contributed by atoms with E-state index in [1.165, 1.54) is 12.8 Å². The van der Waals surface area contributed by atoms with E-state index in [4.69, 9.17) is 21.6 Å². The Labute approximate surface area is 169 Å². The Balaban J connectivity index is 1.57. The molecule has 146 valence electrons. The van der Waals surface area contributed by atoms with Crippen molar-refractivity contribution in [2.75, 3.05) is 11.9 Å². The largest absolute Gasteiger partial charge is 0.323 e. The fourth-order valence-corrected chi connectivity index (χ4v) is 3.71. The third-order valence-corrected chi connectivity index (χ3v) is 5.12. The van der Waals surface area contributed by atoms with Gasteiger partial charge in [0.15, 0.2) is 5.82 Å². The molecule has 8 heteroatoms. The molecule has 1 atom stereocenters. The van der Waals surface area contributed by atoms with Crippen LogP contribution < -0.4 is 5.32 Å². The van der Waals surface area contributed by atoms with Crippen LogP contribution in [0.2, 0.25) is 5.02 Å². The number of hydrogen-bond donors (Lipinski definition) is 2. The van der Waals surface area contributed by atoms with Crippen molar-refractivity contribution in [2.45, 2.75) is 45.7 Å². The van der Waals surface area contributed by atoms with Gasteiger partial charge in [0, 0.05) is 36.3 Å². The van der Waals surface area contributed by atoms with Gasteiger partial charge in [0.2, 0.25) is 0 Å². The molecule has 0 bridgehead atoms. The number of piperidine rings is 1. The van der Waals surface area contributed by atoms with Crippen molar-refractivity contribution in [3.8, 4) is 0 Å². The molecular weight excluding hydrogens is 374 g/mol. The van der Waals surface area contributed by atoms with Gasteiger partial charge in [-0.3, -0.25) is 15.0 Å². The zero-order valence-electron chi connectivity index (χ0n) is 16.1. The Morgan fingerprint density at radius 3 is 2.82 bits per heavy atom. The van der Waals surface area contributed by atoms with Gasteiger partial charge in [-0.2, -0.15) is 5.10 Å². The van der Waals surface area contributed by atoms with Gasteiger partial charge in [-0.15, -0.1) is 0 Å². The first kappa shape index (κ1) is 18.8. The number of rotatable bonds is 5. The molecule has 4 heterocycles. The van der Waals surface area contributed by atoms with E-state index in [1.54, 1.807) is 6.20 Å². The highest BCUT2D eigenvalue weighted by molar-refractivity contribution is 6.30. The summed E-state index contributed by atoms with van der Waals surface area (Å²) in [5.74, 6) is 2.37. The summed E-state index contributed by atoms with van der Waals surface area (Å²) in [6, 6.07) is 7.95. The molecule has 28 heavy (non-hydrogen) atoms. The maximum Gasteiger partial charge on any atom is 0.153 e. The summed E-state index contributed by atoms with van der Waals surface area (Å²) < 4.78 is 0. The topological polar surface area (TPSA) is 82.6 Å². The van der Waals surface area contributed by atoms with Crippen LogP contribution in [0, 0.1) is 13.8 Å². The summed E-state index contributed by atoms with van der Waals surface area (Å²) >= 11 is 5.97. The van der Waals surface area contributed by atoms with Crippen molar-refractivity contribution in [3.05, 3.63) is 58.4 Å². The van der Waals surface area contributed by atoms with Gasteiger partial charge < -0.3 is 5.32 Å². The molecule has 1 unspecified atom stereocenters. The molecular formula is C20H24ClN7. The highest BCUT2D eigenvalue weighted by atomic mass is 35.5. The van der Waals surface area contributed by atoms with Crippen LogP contribution in [0.25, 0.3) is 0 Å². The molecule has 0 saturated carbocycles. The number of pyridine rings is 1. The summed E-state index contributed by atoms with van der Waals surface area (Å²) in [5, 5.41) is 11.1. The van der Waals surface area contributed by atoms with Gasteiger partial charge in [0.1, 0.15) is 11.6 Å². The van der Waals surface area contributed by atoms with Crippen LogP contribution in [0.15, 0.2) is 30.5 Å². The number of aromatic nitrogens is 5. The monoisotopic (exact) mass is 397 g/mol. The summed E-state index contributed by atoms with van der Waals surface area (Å²) in [5.41, 5.74) is 2.95. The first-order valence-electron chi connectivity index (χ1n) is 9.56. The van der Waals surface area contributed by atoms with E-state index in [1.807, 2.05) is 38.1 Å². The number of nitrogens with zero attached hydrogens (tertiary/aromatic N) is 5. The van der Waals surface area contributed by atoms with E-state index < -0.39 is 0 Å². The first-order chi connectivity index (χ1) is 13.6. The Morgan fingerprint density at radius 1 is 1.18 bits per heavy atom. The fourth-order valence-electron chi connectivity index (χ4n) is 3.60. The fraction of sp³-hybridized carbons (Fsp3) is 0.400. The summed E-state index contributed by atoms with van der Waals surface area (Å²) in [6.45, 7) is 5.74. The molecule has 1 aliphatic heterocycles. The number of likely N-dealkylation sites (tertiary alicyclic amines) is 1. The number of halogens is 1. The van der Waals surface area contributed by atoms with Crippen LogP contribution >= 0.6 is 11.6 Å². The second-order valence-electron chi connectivity index (χ2n) is 7.26. The van der Waals surface area contributed by atoms with E-state index in [9.17, 15) is 0 Å². The van der Waals surface area contributed by atoms with Crippen molar-refractivity contribution in [1.29, 1.82) is 0 Å². The number of aromatic amines is 1. The number of hydrogen-bond acceptors (Lipinski definition) is 6. The molecule has 3 aromatic rings. The molecule has 1 aliphatic rings. The van der Waals surface area contributed by atoms with Gasteiger partial charge in [-0.05, 0) is 45.4 Å². The molecule has 4 rings (SSSR count). The predicted octanol–water partition coefficient (Wildman–Crippen LogP) is 4.34. The molecule has 3 aromatic heterocycles. The molecule has 0 amide bonds. The number of anilines is 2. The number of nitrogens with one attached hydrogen (secondary N) is 2. The zero-order chi connectivity index (χ0) is 19.5. The lowest BCUT2D eigenvalue weighted by Crippen LogP contribution is -2.34. The van der Waals surface area contributed by atoms with Crippen LogP contribution in [-0.4, -0.2) is 36.6 Å². The van der Waals surface area contributed by atoms with Gasteiger partial charge in [-0.25, -0.2) is 9.97 Å². The molecule has 1 fully saturated rings. The van der Waals surface area contributed by atoms with Crippen LogP contribution in [-0.2, 0) is 6.54 Å². The van der Waals surface area contributed by atoms with Crippen LogP contribution in [0.1, 0.15) is 48.2 Å². The Bertz CT molecular complexity index is 938. The lowest BCUT2D eigenvalue weighted by atomic mass is 10.0. The molecule has 7 nitrogen and oxygen atoms in total. The molecule has 0 spiro atoms. The average Bonchev–Trinajstić information content (AvgIpc) is 3.08.